The van der Waals surface area contributed by atoms with Crippen LogP contribution in [-0.2, 0) is 4.79 Å². The first-order chi connectivity index (χ1) is 11.7. The summed E-state index contributed by atoms with van der Waals surface area (Å²) in [5.41, 5.74) is 1.08. The Labute approximate surface area is 145 Å². The topological polar surface area (TPSA) is 60.5 Å². The van der Waals surface area contributed by atoms with Crippen molar-refractivity contribution in [3.63, 3.8) is 0 Å². The van der Waals surface area contributed by atoms with Gasteiger partial charge in [0.2, 0.25) is 0 Å². The highest BCUT2D eigenvalue weighted by Gasteiger charge is 2.33. The van der Waals surface area contributed by atoms with E-state index in [-0.39, 0.29) is 23.7 Å². The maximum Gasteiger partial charge on any atom is 0.258 e. The number of methoxy groups -OCH3 is 1. The number of hydrogen-bond donors (Lipinski definition) is 1. The van der Waals surface area contributed by atoms with Crippen LogP contribution in [0.25, 0.3) is 0 Å². The molecule has 0 unspecified atom stereocenters. The van der Waals surface area contributed by atoms with Crippen LogP contribution in [0.15, 0.2) is 42.6 Å². The molecule has 5 nitrogen and oxygen atoms in total. The number of hydrogen-bond acceptors (Lipinski definition) is 4. The molecule has 0 aliphatic heterocycles. The van der Waals surface area contributed by atoms with E-state index in [9.17, 15) is 4.79 Å². The molecule has 24 heavy (non-hydrogen) atoms. The standard InChI is InChI=1S/C18H19ClN2O3/c1-23-14-8-6-13(7-9-14)17(12-4-5-12)21-16(22)11-24-15-3-2-10-20-18(15)19/h2-3,6-10,12,17H,4-5,11H2,1H3,(H,21,22)/t17-/m0/s1. The fourth-order valence-corrected chi connectivity index (χ4v) is 2.73. The van der Waals surface area contributed by atoms with Gasteiger partial charge < -0.3 is 14.8 Å². The number of halogens is 1. The average Bonchev–Trinajstić information content (AvgIpc) is 3.44. The summed E-state index contributed by atoms with van der Waals surface area (Å²) in [6, 6.07) is 11.2. The highest BCUT2D eigenvalue weighted by Crippen LogP contribution is 2.41. The molecule has 126 valence electrons. The van der Waals surface area contributed by atoms with E-state index in [2.05, 4.69) is 10.3 Å². The molecule has 0 spiro atoms. The van der Waals surface area contributed by atoms with E-state index in [1.165, 1.54) is 0 Å². The molecule has 1 aliphatic rings. The molecule has 0 bridgehead atoms. The molecule has 1 atom stereocenters. The van der Waals surface area contributed by atoms with Crippen LogP contribution in [0, 0.1) is 5.92 Å². The molecular weight excluding hydrogens is 328 g/mol. The predicted octanol–water partition coefficient (Wildman–Crippen LogP) is 3.39. The molecule has 1 heterocycles. The van der Waals surface area contributed by atoms with Crippen LogP contribution >= 0.6 is 11.6 Å². The van der Waals surface area contributed by atoms with Crippen molar-refractivity contribution in [2.75, 3.05) is 13.7 Å². The van der Waals surface area contributed by atoms with Crippen LogP contribution < -0.4 is 14.8 Å². The second kappa shape index (κ2) is 7.53. The highest BCUT2D eigenvalue weighted by molar-refractivity contribution is 6.30. The van der Waals surface area contributed by atoms with Gasteiger partial charge in [0.25, 0.3) is 5.91 Å². The van der Waals surface area contributed by atoms with Crippen molar-refractivity contribution in [3.8, 4) is 11.5 Å². The summed E-state index contributed by atoms with van der Waals surface area (Å²) >= 11 is 5.92. The quantitative estimate of drug-likeness (QED) is 0.781. The van der Waals surface area contributed by atoms with Gasteiger partial charge in [-0.1, -0.05) is 23.7 Å². The van der Waals surface area contributed by atoms with Crippen LogP contribution in [0.2, 0.25) is 5.15 Å². The first-order valence-electron chi connectivity index (χ1n) is 7.84. The molecule has 1 aromatic heterocycles. The van der Waals surface area contributed by atoms with Gasteiger partial charge >= 0.3 is 0 Å². The number of carbonyl (C=O) groups excluding carboxylic acids is 1. The zero-order chi connectivity index (χ0) is 16.9. The van der Waals surface area contributed by atoms with Gasteiger partial charge in [0.15, 0.2) is 17.5 Å². The number of aromatic nitrogens is 1. The lowest BCUT2D eigenvalue weighted by molar-refractivity contribution is -0.124. The first kappa shape index (κ1) is 16.6. The molecular formula is C18H19ClN2O3. The van der Waals surface area contributed by atoms with Gasteiger partial charge in [-0.2, -0.15) is 0 Å². The van der Waals surface area contributed by atoms with Gasteiger partial charge in [0.05, 0.1) is 13.2 Å². The molecule has 3 rings (SSSR count). The third-order valence-corrected chi connectivity index (χ3v) is 4.25. The lowest BCUT2D eigenvalue weighted by Gasteiger charge is -2.19. The Bertz CT molecular complexity index is 702. The number of rotatable bonds is 7. The number of nitrogens with zero attached hydrogens (tertiary/aromatic N) is 1. The van der Waals surface area contributed by atoms with E-state index in [4.69, 9.17) is 21.1 Å². The molecule has 0 saturated heterocycles. The van der Waals surface area contributed by atoms with Crippen LogP contribution in [-0.4, -0.2) is 24.6 Å². The van der Waals surface area contributed by atoms with Gasteiger partial charge in [0.1, 0.15) is 5.75 Å². The number of nitrogens with one attached hydrogen (secondary N) is 1. The largest absolute Gasteiger partial charge is 0.497 e. The lowest BCUT2D eigenvalue weighted by Crippen LogP contribution is -2.33. The third kappa shape index (κ3) is 4.17. The molecule has 1 saturated carbocycles. The van der Waals surface area contributed by atoms with Crippen LogP contribution in [0.1, 0.15) is 24.4 Å². The van der Waals surface area contributed by atoms with Crippen molar-refractivity contribution in [1.29, 1.82) is 0 Å². The van der Waals surface area contributed by atoms with Crippen molar-refractivity contribution in [2.24, 2.45) is 5.92 Å². The van der Waals surface area contributed by atoms with Crippen LogP contribution in [0.4, 0.5) is 0 Å². The maximum absolute atomic E-state index is 12.2. The number of amides is 1. The zero-order valence-corrected chi connectivity index (χ0v) is 14.1. The van der Waals surface area contributed by atoms with Gasteiger partial charge in [-0.15, -0.1) is 0 Å². The molecule has 1 aliphatic carbocycles. The van der Waals surface area contributed by atoms with Gasteiger partial charge in [-0.05, 0) is 48.6 Å². The number of ether oxygens (including phenoxy) is 2. The third-order valence-electron chi connectivity index (χ3n) is 3.97. The molecule has 1 fully saturated rings. The molecule has 1 amide bonds. The summed E-state index contributed by atoms with van der Waals surface area (Å²) in [7, 11) is 1.63. The van der Waals surface area contributed by atoms with E-state index in [0.717, 1.165) is 24.2 Å². The van der Waals surface area contributed by atoms with E-state index < -0.39 is 0 Å². The fraction of sp³-hybridized carbons (Fsp3) is 0.333. The van der Waals surface area contributed by atoms with Crippen molar-refractivity contribution in [2.45, 2.75) is 18.9 Å². The van der Waals surface area contributed by atoms with Crippen LogP contribution in [0.5, 0.6) is 11.5 Å². The van der Waals surface area contributed by atoms with Gasteiger partial charge in [-0.25, -0.2) is 4.98 Å². The number of benzene rings is 1. The van der Waals surface area contributed by atoms with E-state index >= 15 is 0 Å². The second-order valence-corrected chi connectivity index (χ2v) is 6.09. The second-order valence-electron chi connectivity index (χ2n) is 5.74. The Balaban J connectivity index is 1.61. The summed E-state index contributed by atoms with van der Waals surface area (Å²) in [6.45, 7) is -0.0925. The number of pyridine rings is 1. The minimum atomic E-state index is -0.178. The maximum atomic E-state index is 12.2. The molecule has 1 aromatic carbocycles. The van der Waals surface area contributed by atoms with Crippen molar-refractivity contribution >= 4 is 17.5 Å². The molecule has 0 radical (unpaired) electrons. The van der Waals surface area contributed by atoms with Gasteiger partial charge in [0, 0.05) is 6.20 Å². The fourth-order valence-electron chi connectivity index (χ4n) is 2.55. The smallest absolute Gasteiger partial charge is 0.258 e. The van der Waals surface area contributed by atoms with Crippen molar-refractivity contribution in [1.82, 2.24) is 10.3 Å². The summed E-state index contributed by atoms with van der Waals surface area (Å²) in [5, 5.41) is 3.30. The summed E-state index contributed by atoms with van der Waals surface area (Å²) in [5.74, 6) is 1.50. The highest BCUT2D eigenvalue weighted by atomic mass is 35.5. The molecule has 2 aromatic rings. The van der Waals surface area contributed by atoms with Gasteiger partial charge in [-0.3, -0.25) is 4.79 Å². The Hall–Kier alpha value is -2.27. The molecule has 1 N–H and O–H groups in total. The zero-order valence-electron chi connectivity index (χ0n) is 13.4. The minimum absolute atomic E-state index is 0.00336. The summed E-state index contributed by atoms with van der Waals surface area (Å²) in [4.78, 5) is 16.2. The van der Waals surface area contributed by atoms with Crippen LogP contribution in [0.3, 0.4) is 0 Å². The lowest BCUT2D eigenvalue weighted by atomic mass is 10.0. The first-order valence-corrected chi connectivity index (χ1v) is 8.22. The Kier molecular flexibility index (Phi) is 5.20. The van der Waals surface area contributed by atoms with Crippen molar-refractivity contribution < 1.29 is 14.3 Å². The molecule has 6 heteroatoms. The summed E-state index contributed by atoms with van der Waals surface area (Å²) < 4.78 is 10.6. The Morgan fingerprint density at radius 3 is 2.71 bits per heavy atom. The SMILES string of the molecule is COc1ccc([C@@H](NC(=O)COc2cccnc2Cl)C2CC2)cc1. The van der Waals surface area contributed by atoms with E-state index in [1.807, 2.05) is 24.3 Å². The number of carbonyl (C=O) groups is 1. The summed E-state index contributed by atoms with van der Waals surface area (Å²) in [6.07, 6.45) is 3.81. The van der Waals surface area contributed by atoms with E-state index in [1.54, 1.807) is 25.4 Å². The van der Waals surface area contributed by atoms with Crippen molar-refractivity contribution in [3.05, 3.63) is 53.3 Å². The normalized spacial score (nSPS) is 14.8. The predicted molar refractivity (Wildman–Crippen MR) is 91.3 cm³/mol. The minimum Gasteiger partial charge on any atom is -0.497 e. The Morgan fingerprint density at radius 2 is 2.08 bits per heavy atom. The average molecular weight is 347 g/mol. The monoisotopic (exact) mass is 346 g/mol. The Morgan fingerprint density at radius 1 is 1.33 bits per heavy atom. The van der Waals surface area contributed by atoms with E-state index in [0.29, 0.717) is 11.7 Å².